The topological polar surface area (TPSA) is 107 Å². The van der Waals surface area contributed by atoms with Crippen LogP contribution in [0.3, 0.4) is 0 Å². The zero-order valence-electron chi connectivity index (χ0n) is 24.0. The van der Waals surface area contributed by atoms with Crippen LogP contribution in [0.15, 0.2) is 65.1 Å². The van der Waals surface area contributed by atoms with Gasteiger partial charge in [-0.15, -0.1) is 0 Å². The maximum Gasteiger partial charge on any atom is 0.412 e. The van der Waals surface area contributed by atoms with Crippen LogP contribution < -0.4 is 19.1 Å². The molecule has 0 atom stereocenters. The summed E-state index contributed by atoms with van der Waals surface area (Å²) in [6, 6.07) is 16.4. The molecule has 1 amide bonds. The van der Waals surface area contributed by atoms with Crippen LogP contribution in [0.5, 0.6) is 17.2 Å². The van der Waals surface area contributed by atoms with Crippen molar-refractivity contribution in [1.29, 1.82) is 0 Å². The van der Waals surface area contributed by atoms with Gasteiger partial charge in [0.2, 0.25) is 10.0 Å². The van der Waals surface area contributed by atoms with Gasteiger partial charge in [-0.2, -0.15) is 0 Å². The highest BCUT2D eigenvalue weighted by Crippen LogP contribution is 2.50. The van der Waals surface area contributed by atoms with Gasteiger partial charge in [0.05, 0.1) is 17.3 Å². The lowest BCUT2D eigenvalue weighted by molar-refractivity contribution is 0.0691. The molecular formula is C32H33FN2O7S. The van der Waals surface area contributed by atoms with Crippen molar-refractivity contribution in [2.24, 2.45) is 5.92 Å². The van der Waals surface area contributed by atoms with E-state index in [4.69, 9.17) is 18.6 Å². The van der Waals surface area contributed by atoms with E-state index in [1.165, 1.54) is 41.9 Å². The molecule has 3 aromatic carbocycles. The Kier molecular flexibility index (Phi) is 8.02. The Labute approximate surface area is 249 Å². The molecule has 43 heavy (non-hydrogen) atoms. The number of nitrogens with zero attached hydrogens (tertiary/aromatic N) is 1. The van der Waals surface area contributed by atoms with E-state index >= 15 is 0 Å². The number of halogens is 1. The van der Waals surface area contributed by atoms with Crippen LogP contribution in [0.4, 0.5) is 14.9 Å². The Morgan fingerprint density at radius 3 is 2.26 bits per heavy atom. The summed E-state index contributed by atoms with van der Waals surface area (Å²) in [5, 5.41) is 3.06. The van der Waals surface area contributed by atoms with Crippen molar-refractivity contribution in [2.75, 3.05) is 37.4 Å². The third-order valence-electron chi connectivity index (χ3n) is 7.81. The van der Waals surface area contributed by atoms with E-state index in [9.17, 15) is 17.6 Å². The largest absolute Gasteiger partial charge is 0.457 e. The molecule has 9 nitrogen and oxygen atoms in total. The lowest BCUT2D eigenvalue weighted by atomic mass is 9.99. The van der Waals surface area contributed by atoms with E-state index in [1.807, 2.05) is 6.07 Å². The maximum absolute atomic E-state index is 13.3. The van der Waals surface area contributed by atoms with Crippen molar-refractivity contribution >= 4 is 32.8 Å². The third-order valence-corrected chi connectivity index (χ3v) is 8.95. The van der Waals surface area contributed by atoms with Crippen molar-refractivity contribution in [2.45, 2.75) is 31.6 Å². The highest BCUT2D eigenvalue weighted by atomic mass is 32.2. The van der Waals surface area contributed by atoms with Gasteiger partial charge in [-0.25, -0.2) is 17.6 Å². The minimum absolute atomic E-state index is 0.182. The Morgan fingerprint density at radius 2 is 1.65 bits per heavy atom. The fraction of sp³-hybridized carbons (Fsp3) is 0.344. The van der Waals surface area contributed by atoms with E-state index < -0.39 is 16.1 Å². The van der Waals surface area contributed by atoms with E-state index in [2.05, 4.69) is 5.32 Å². The van der Waals surface area contributed by atoms with Crippen molar-refractivity contribution in [3.63, 3.8) is 0 Å². The number of benzene rings is 3. The molecule has 1 N–H and O–H groups in total. The number of nitrogens with one attached hydrogen (secondary N) is 1. The molecule has 6 rings (SSSR count). The molecule has 226 valence electrons. The van der Waals surface area contributed by atoms with Crippen molar-refractivity contribution in [1.82, 2.24) is 5.32 Å². The molecule has 1 aromatic heterocycles. The smallest absolute Gasteiger partial charge is 0.412 e. The Morgan fingerprint density at radius 1 is 1.00 bits per heavy atom. The molecule has 1 aliphatic carbocycles. The second-order valence-electron chi connectivity index (χ2n) is 11.0. The van der Waals surface area contributed by atoms with Gasteiger partial charge in [-0.1, -0.05) is 0 Å². The average molecular weight is 609 g/mol. The van der Waals surface area contributed by atoms with E-state index in [0.29, 0.717) is 59.2 Å². The Hall–Kier alpha value is -4.09. The molecule has 2 aliphatic rings. The molecule has 11 heteroatoms. The fourth-order valence-corrected chi connectivity index (χ4v) is 6.38. The van der Waals surface area contributed by atoms with Crippen LogP contribution in [0.1, 0.15) is 37.2 Å². The van der Waals surface area contributed by atoms with Crippen LogP contribution >= 0.6 is 0 Å². The number of hydrogen-bond donors (Lipinski definition) is 1. The summed E-state index contributed by atoms with van der Waals surface area (Å²) in [5.41, 5.74) is 2.51. The first-order valence-corrected chi connectivity index (χ1v) is 16.1. The molecular weight excluding hydrogens is 575 g/mol. The van der Waals surface area contributed by atoms with E-state index in [0.717, 1.165) is 31.2 Å². The summed E-state index contributed by atoms with van der Waals surface area (Å²) in [4.78, 5) is 12.4. The molecule has 1 saturated carbocycles. The van der Waals surface area contributed by atoms with Gasteiger partial charge < -0.3 is 23.9 Å². The number of ether oxygens (including phenoxy) is 3. The normalized spacial score (nSPS) is 15.8. The van der Waals surface area contributed by atoms with Gasteiger partial charge in [0.1, 0.15) is 22.9 Å². The van der Waals surface area contributed by atoms with Crippen LogP contribution in [0.25, 0.3) is 22.3 Å². The summed E-state index contributed by atoms with van der Waals surface area (Å²) < 4.78 is 64.4. The standard InChI is InChI=1S/C32H33FN2O7S/c1-34-32(36)42-31-27-17-26(21-3-4-21)28(35(43(2,37)38)19-20-13-15-39-16-14-20)18-29(27)41-30(31)22-5-9-24(10-6-22)40-25-11-7-23(33)8-12-25/h5-12,17-18,20-21H,3-4,13-16,19H2,1-2H3,(H,34,36). The number of fused-ring (bicyclic) bond motifs is 1. The minimum Gasteiger partial charge on any atom is -0.457 e. The lowest BCUT2D eigenvalue weighted by Gasteiger charge is -2.31. The highest BCUT2D eigenvalue weighted by Gasteiger charge is 2.34. The number of furan rings is 1. The molecule has 0 unspecified atom stereocenters. The molecule has 0 bridgehead atoms. The third kappa shape index (κ3) is 6.47. The van der Waals surface area contributed by atoms with Gasteiger partial charge in [-0.05, 0) is 97.7 Å². The first kappa shape index (κ1) is 29.0. The van der Waals surface area contributed by atoms with E-state index in [-0.39, 0.29) is 23.4 Å². The number of carbonyl (C=O) groups excluding carboxylic acids is 1. The van der Waals surface area contributed by atoms with Crippen molar-refractivity contribution in [3.05, 3.63) is 72.0 Å². The quantitative estimate of drug-likeness (QED) is 0.222. The van der Waals surface area contributed by atoms with Crippen LogP contribution in [-0.4, -0.2) is 47.6 Å². The Balaban J connectivity index is 1.42. The fourth-order valence-electron chi connectivity index (χ4n) is 5.39. The van der Waals surface area contributed by atoms with Crippen LogP contribution in [0, 0.1) is 11.7 Å². The lowest BCUT2D eigenvalue weighted by Crippen LogP contribution is -2.37. The minimum atomic E-state index is -3.60. The predicted octanol–water partition coefficient (Wildman–Crippen LogP) is 6.82. The van der Waals surface area contributed by atoms with Gasteiger partial charge in [0.15, 0.2) is 11.5 Å². The molecule has 0 radical (unpaired) electrons. The first-order chi connectivity index (χ1) is 20.7. The zero-order valence-corrected chi connectivity index (χ0v) is 24.8. The van der Waals surface area contributed by atoms with Crippen molar-refractivity contribution in [3.8, 4) is 28.6 Å². The number of sulfonamides is 1. The zero-order chi connectivity index (χ0) is 30.1. The van der Waals surface area contributed by atoms with Gasteiger partial charge >= 0.3 is 6.09 Å². The number of amides is 1. The molecule has 4 aromatic rings. The van der Waals surface area contributed by atoms with Gasteiger partial charge in [-0.3, -0.25) is 4.31 Å². The van der Waals surface area contributed by atoms with Crippen LogP contribution in [0.2, 0.25) is 0 Å². The number of carbonyl (C=O) groups is 1. The molecule has 1 saturated heterocycles. The average Bonchev–Trinajstić information content (AvgIpc) is 3.79. The van der Waals surface area contributed by atoms with Crippen LogP contribution in [-0.2, 0) is 14.8 Å². The van der Waals surface area contributed by atoms with Gasteiger partial charge in [0, 0.05) is 38.4 Å². The highest BCUT2D eigenvalue weighted by molar-refractivity contribution is 7.92. The molecule has 2 heterocycles. The summed E-state index contributed by atoms with van der Waals surface area (Å²) in [6.45, 7) is 1.59. The second-order valence-corrected chi connectivity index (χ2v) is 12.9. The monoisotopic (exact) mass is 608 g/mol. The summed E-state index contributed by atoms with van der Waals surface area (Å²) in [6.07, 6.45) is 4.05. The SMILES string of the molecule is CNC(=O)Oc1c(-c2ccc(Oc3ccc(F)cc3)cc2)oc2cc(N(CC3CCOCC3)S(C)(=O)=O)c(C3CC3)cc12. The number of anilines is 1. The number of hydrogen-bond acceptors (Lipinski definition) is 7. The van der Waals surface area contributed by atoms with Gasteiger partial charge in [0.25, 0.3) is 0 Å². The van der Waals surface area contributed by atoms with E-state index in [1.54, 1.807) is 30.3 Å². The maximum atomic E-state index is 13.3. The summed E-state index contributed by atoms with van der Waals surface area (Å²) in [7, 11) is -2.13. The molecule has 0 spiro atoms. The summed E-state index contributed by atoms with van der Waals surface area (Å²) >= 11 is 0. The number of rotatable bonds is 9. The molecule has 2 fully saturated rings. The van der Waals surface area contributed by atoms with Crippen molar-refractivity contribution < 1.29 is 36.2 Å². The summed E-state index contributed by atoms with van der Waals surface area (Å²) in [5.74, 6) is 1.60. The Bertz CT molecular complexity index is 1730. The predicted molar refractivity (Wildman–Crippen MR) is 161 cm³/mol. The second kappa shape index (κ2) is 11.9. The first-order valence-electron chi connectivity index (χ1n) is 14.3. The molecule has 1 aliphatic heterocycles.